The highest BCUT2D eigenvalue weighted by atomic mass is 16.5. The second kappa shape index (κ2) is 9.64. The maximum Gasteiger partial charge on any atom is 0.261 e. The van der Waals surface area contributed by atoms with Crippen LogP contribution >= 0.6 is 0 Å². The van der Waals surface area contributed by atoms with Crippen LogP contribution in [0.15, 0.2) is 41.5 Å². The minimum absolute atomic E-state index is 0.0492. The molecule has 0 aliphatic rings. The Bertz CT molecular complexity index is 1150. The molecule has 0 radical (unpaired) electrons. The number of aromatic nitrogens is 2. The number of carbonyl (C=O) groups is 1. The summed E-state index contributed by atoms with van der Waals surface area (Å²) in [5.74, 6) is 1.06. The van der Waals surface area contributed by atoms with Crippen LogP contribution in [0.2, 0.25) is 0 Å². The van der Waals surface area contributed by atoms with E-state index in [1.807, 2.05) is 7.05 Å². The number of methoxy groups -OCH3 is 2. The average Bonchev–Trinajstić information content (AvgIpc) is 2.76. The van der Waals surface area contributed by atoms with E-state index in [0.29, 0.717) is 48.3 Å². The zero-order chi connectivity index (χ0) is 22.5. The Morgan fingerprint density at radius 2 is 1.81 bits per heavy atom. The van der Waals surface area contributed by atoms with Crippen LogP contribution in [0, 0.1) is 13.8 Å². The quantitative estimate of drug-likeness (QED) is 0.555. The van der Waals surface area contributed by atoms with E-state index >= 15 is 0 Å². The molecule has 0 bridgehead atoms. The van der Waals surface area contributed by atoms with Gasteiger partial charge in [0.05, 0.1) is 31.4 Å². The predicted octanol–water partition coefficient (Wildman–Crippen LogP) is 3.47. The molecule has 0 atom stereocenters. The van der Waals surface area contributed by atoms with Gasteiger partial charge in [0, 0.05) is 32.6 Å². The number of nitrogens with zero attached hydrogens (tertiary/aromatic N) is 3. The standard InChI is InChI=1S/C24H29N3O4/c1-16-8-9-18(17(2)11-16)14-26(3)23(28)7-6-10-27-15-25-20-13-22(31-5)21(30-4)12-19(20)24(27)29/h8-9,11-13,15H,6-7,10,14H2,1-5H3. The molecule has 31 heavy (non-hydrogen) atoms. The first-order valence-electron chi connectivity index (χ1n) is 10.2. The van der Waals surface area contributed by atoms with Crippen molar-refractivity contribution < 1.29 is 14.3 Å². The van der Waals surface area contributed by atoms with Crippen molar-refractivity contribution >= 4 is 16.8 Å². The number of fused-ring (bicyclic) bond motifs is 1. The molecule has 0 saturated heterocycles. The number of ether oxygens (including phenoxy) is 2. The predicted molar refractivity (Wildman–Crippen MR) is 121 cm³/mol. The first-order chi connectivity index (χ1) is 14.8. The van der Waals surface area contributed by atoms with E-state index in [0.717, 1.165) is 5.56 Å². The summed E-state index contributed by atoms with van der Waals surface area (Å²) in [5, 5.41) is 0.457. The summed E-state index contributed by atoms with van der Waals surface area (Å²) in [6.45, 7) is 5.11. The van der Waals surface area contributed by atoms with E-state index in [9.17, 15) is 9.59 Å². The van der Waals surface area contributed by atoms with E-state index in [2.05, 4.69) is 37.0 Å². The van der Waals surface area contributed by atoms with E-state index in [1.165, 1.54) is 29.1 Å². The summed E-state index contributed by atoms with van der Waals surface area (Å²) in [6, 6.07) is 9.58. The van der Waals surface area contributed by atoms with Crippen LogP contribution < -0.4 is 15.0 Å². The van der Waals surface area contributed by atoms with Gasteiger partial charge < -0.3 is 14.4 Å². The lowest BCUT2D eigenvalue weighted by Gasteiger charge is -2.19. The highest BCUT2D eigenvalue weighted by Gasteiger charge is 2.13. The Morgan fingerprint density at radius 3 is 2.48 bits per heavy atom. The summed E-state index contributed by atoms with van der Waals surface area (Å²) >= 11 is 0. The van der Waals surface area contributed by atoms with E-state index in [1.54, 1.807) is 24.1 Å². The Hall–Kier alpha value is -3.35. The topological polar surface area (TPSA) is 73.7 Å². The molecule has 0 saturated carbocycles. The molecular formula is C24H29N3O4. The summed E-state index contributed by atoms with van der Waals surface area (Å²) in [4.78, 5) is 31.5. The van der Waals surface area contributed by atoms with Crippen molar-refractivity contribution in [1.82, 2.24) is 14.5 Å². The molecule has 3 aromatic rings. The van der Waals surface area contributed by atoms with Crippen molar-refractivity contribution in [1.29, 1.82) is 0 Å². The molecule has 1 aromatic heterocycles. The zero-order valence-electron chi connectivity index (χ0n) is 18.8. The van der Waals surface area contributed by atoms with Crippen LogP contribution in [0.4, 0.5) is 0 Å². The Labute approximate surface area is 182 Å². The molecule has 0 spiro atoms. The summed E-state index contributed by atoms with van der Waals surface area (Å²) in [7, 11) is 4.88. The van der Waals surface area contributed by atoms with Crippen LogP contribution in [0.3, 0.4) is 0 Å². The molecule has 1 heterocycles. The lowest BCUT2D eigenvalue weighted by molar-refractivity contribution is -0.130. The molecule has 3 rings (SSSR count). The first-order valence-corrected chi connectivity index (χ1v) is 10.2. The lowest BCUT2D eigenvalue weighted by atomic mass is 10.1. The molecule has 7 heteroatoms. The van der Waals surface area contributed by atoms with Gasteiger partial charge in [-0.2, -0.15) is 0 Å². The van der Waals surface area contributed by atoms with Gasteiger partial charge in [-0.3, -0.25) is 14.2 Å². The first kappa shape index (κ1) is 22.3. The molecule has 0 aliphatic carbocycles. The molecule has 0 aliphatic heterocycles. The third-order valence-corrected chi connectivity index (χ3v) is 5.45. The third kappa shape index (κ3) is 5.05. The Balaban J connectivity index is 1.64. The maximum atomic E-state index is 12.8. The van der Waals surface area contributed by atoms with Gasteiger partial charge >= 0.3 is 0 Å². The van der Waals surface area contributed by atoms with Gasteiger partial charge in [-0.15, -0.1) is 0 Å². The maximum absolute atomic E-state index is 12.8. The number of amides is 1. The number of benzene rings is 2. The Morgan fingerprint density at radius 1 is 1.10 bits per heavy atom. The fraction of sp³-hybridized carbons (Fsp3) is 0.375. The van der Waals surface area contributed by atoms with E-state index in [-0.39, 0.29) is 11.5 Å². The van der Waals surface area contributed by atoms with Gasteiger partial charge in [-0.25, -0.2) is 4.98 Å². The van der Waals surface area contributed by atoms with E-state index in [4.69, 9.17) is 9.47 Å². The van der Waals surface area contributed by atoms with Crippen LogP contribution in [0.1, 0.15) is 29.5 Å². The highest BCUT2D eigenvalue weighted by Crippen LogP contribution is 2.29. The fourth-order valence-corrected chi connectivity index (χ4v) is 3.60. The number of rotatable bonds is 8. The van der Waals surface area contributed by atoms with Crippen molar-refractivity contribution in [3.63, 3.8) is 0 Å². The molecular weight excluding hydrogens is 394 g/mol. The number of carbonyl (C=O) groups excluding carboxylic acids is 1. The van der Waals surface area contributed by atoms with Crippen LogP contribution in [0.5, 0.6) is 11.5 Å². The van der Waals surface area contributed by atoms with Crippen molar-refractivity contribution in [2.45, 2.75) is 39.8 Å². The fourth-order valence-electron chi connectivity index (χ4n) is 3.60. The normalized spacial score (nSPS) is 10.9. The molecule has 0 unspecified atom stereocenters. The highest BCUT2D eigenvalue weighted by molar-refractivity contribution is 5.81. The lowest BCUT2D eigenvalue weighted by Crippen LogP contribution is -2.27. The second-order valence-corrected chi connectivity index (χ2v) is 7.75. The molecule has 0 fully saturated rings. The Kier molecular flexibility index (Phi) is 6.95. The van der Waals surface area contributed by atoms with E-state index < -0.39 is 0 Å². The smallest absolute Gasteiger partial charge is 0.261 e. The number of hydrogen-bond acceptors (Lipinski definition) is 5. The number of hydrogen-bond donors (Lipinski definition) is 0. The van der Waals surface area contributed by atoms with Crippen LogP contribution in [-0.2, 0) is 17.9 Å². The van der Waals surface area contributed by atoms with Gasteiger partial charge in [-0.1, -0.05) is 23.8 Å². The average molecular weight is 424 g/mol. The second-order valence-electron chi connectivity index (χ2n) is 7.75. The van der Waals surface area contributed by atoms with Gasteiger partial charge in [0.2, 0.25) is 5.91 Å². The third-order valence-electron chi connectivity index (χ3n) is 5.45. The minimum atomic E-state index is -0.165. The molecule has 2 aromatic carbocycles. The zero-order valence-corrected chi connectivity index (χ0v) is 18.8. The molecule has 7 nitrogen and oxygen atoms in total. The number of aryl methyl sites for hydroxylation is 3. The van der Waals surface area contributed by atoms with Crippen LogP contribution in [-0.4, -0.2) is 41.6 Å². The largest absolute Gasteiger partial charge is 0.493 e. The summed E-state index contributed by atoms with van der Waals surface area (Å²) < 4.78 is 12.1. The minimum Gasteiger partial charge on any atom is -0.493 e. The molecule has 1 amide bonds. The van der Waals surface area contributed by atoms with Gasteiger partial charge in [0.1, 0.15) is 0 Å². The van der Waals surface area contributed by atoms with Crippen molar-refractivity contribution in [2.75, 3.05) is 21.3 Å². The van der Waals surface area contributed by atoms with Crippen molar-refractivity contribution in [2.24, 2.45) is 0 Å². The van der Waals surface area contributed by atoms with Gasteiger partial charge in [-0.05, 0) is 37.5 Å². The molecule has 0 N–H and O–H groups in total. The molecule has 164 valence electrons. The van der Waals surface area contributed by atoms with Gasteiger partial charge in [0.15, 0.2) is 11.5 Å². The SMILES string of the molecule is COc1cc2ncn(CCCC(=O)N(C)Cc3ccc(C)cc3C)c(=O)c2cc1OC. The van der Waals surface area contributed by atoms with Crippen molar-refractivity contribution in [3.05, 3.63) is 63.7 Å². The van der Waals surface area contributed by atoms with Gasteiger partial charge in [0.25, 0.3) is 5.56 Å². The van der Waals surface area contributed by atoms with Crippen LogP contribution in [0.25, 0.3) is 10.9 Å². The summed E-state index contributed by atoms with van der Waals surface area (Å²) in [6.07, 6.45) is 2.43. The monoisotopic (exact) mass is 423 g/mol. The summed E-state index contributed by atoms with van der Waals surface area (Å²) in [5.41, 5.74) is 3.91. The van der Waals surface area contributed by atoms with Crippen molar-refractivity contribution in [3.8, 4) is 11.5 Å².